The zero-order chi connectivity index (χ0) is 19.6. The molecule has 0 aliphatic carbocycles. The van der Waals surface area contributed by atoms with Gasteiger partial charge in [0.05, 0.1) is 12.7 Å². The fraction of sp³-hybridized carbons (Fsp3) is 0.0588. The number of anilines is 3. The molecule has 0 amide bonds. The topological polar surface area (TPSA) is 103 Å². The van der Waals surface area contributed by atoms with Gasteiger partial charge in [0.15, 0.2) is 5.13 Å². The second-order valence-corrected chi connectivity index (χ2v) is 7.00. The molecule has 140 valence electrons. The van der Waals surface area contributed by atoms with Crippen molar-refractivity contribution in [2.75, 3.05) is 18.2 Å². The van der Waals surface area contributed by atoms with Gasteiger partial charge in [-0.15, -0.1) is 0 Å². The van der Waals surface area contributed by atoms with Crippen molar-refractivity contribution in [1.29, 1.82) is 0 Å². The minimum Gasteiger partial charge on any atom is -0.497 e. The van der Waals surface area contributed by atoms with Gasteiger partial charge in [-0.05, 0) is 36.2 Å². The Morgan fingerprint density at radius 2 is 1.85 bits per heavy atom. The SMILES string of the molecule is COc1cc(F)c(C(=O)c2sc(Nc3ccc(SN)cc3)nc2N)c(F)c1. The Balaban J connectivity index is 1.88. The lowest BCUT2D eigenvalue weighted by Gasteiger charge is -2.06. The Hall–Kier alpha value is -2.69. The number of halogens is 2. The molecule has 1 aromatic heterocycles. The molecule has 0 saturated heterocycles. The molecule has 27 heavy (non-hydrogen) atoms. The number of nitrogens with one attached hydrogen (secondary N) is 1. The van der Waals surface area contributed by atoms with Crippen molar-refractivity contribution in [3.05, 3.63) is 58.5 Å². The molecule has 10 heteroatoms. The molecule has 0 radical (unpaired) electrons. The number of carbonyl (C=O) groups is 1. The molecule has 2 aromatic carbocycles. The minimum absolute atomic E-state index is 0.0275. The maximum absolute atomic E-state index is 14.2. The summed E-state index contributed by atoms with van der Waals surface area (Å²) >= 11 is 2.02. The number of hydrogen-bond donors (Lipinski definition) is 3. The maximum atomic E-state index is 14.2. The highest BCUT2D eigenvalue weighted by Gasteiger charge is 2.25. The number of rotatable bonds is 6. The van der Waals surface area contributed by atoms with E-state index in [1.807, 2.05) is 0 Å². The Labute approximate surface area is 161 Å². The number of carbonyl (C=O) groups excluding carboxylic acids is 1. The van der Waals surface area contributed by atoms with E-state index in [4.69, 9.17) is 15.6 Å². The molecular weight excluding hydrogens is 394 g/mol. The summed E-state index contributed by atoms with van der Waals surface area (Å²) < 4.78 is 33.1. The average molecular weight is 408 g/mol. The molecule has 0 atom stereocenters. The van der Waals surface area contributed by atoms with Gasteiger partial charge in [-0.3, -0.25) is 9.93 Å². The average Bonchev–Trinajstić information content (AvgIpc) is 3.01. The molecule has 0 aliphatic heterocycles. The Bertz CT molecular complexity index is 970. The largest absolute Gasteiger partial charge is 0.497 e. The third-order valence-corrected chi connectivity index (χ3v) is 5.11. The third kappa shape index (κ3) is 4.02. The van der Waals surface area contributed by atoms with Crippen LogP contribution in [0.15, 0.2) is 41.3 Å². The van der Waals surface area contributed by atoms with E-state index in [0.29, 0.717) is 10.8 Å². The normalized spacial score (nSPS) is 10.7. The molecular formula is C17H14F2N4O2S2. The summed E-state index contributed by atoms with van der Waals surface area (Å²) in [6, 6.07) is 9.03. The van der Waals surface area contributed by atoms with Crippen molar-refractivity contribution in [2.24, 2.45) is 5.14 Å². The highest BCUT2D eigenvalue weighted by molar-refractivity contribution is 7.97. The molecule has 1 heterocycles. The van der Waals surface area contributed by atoms with Crippen LogP contribution >= 0.6 is 23.3 Å². The minimum atomic E-state index is -1.03. The van der Waals surface area contributed by atoms with Crippen LogP contribution in [0.3, 0.4) is 0 Å². The number of ketones is 1. The molecule has 3 aromatic rings. The van der Waals surface area contributed by atoms with Gasteiger partial charge in [-0.2, -0.15) is 0 Å². The molecule has 5 N–H and O–H groups in total. The fourth-order valence-corrected chi connectivity index (χ4v) is 3.43. The van der Waals surface area contributed by atoms with Crippen LogP contribution in [0, 0.1) is 11.6 Å². The van der Waals surface area contributed by atoms with Crippen LogP contribution in [-0.4, -0.2) is 17.9 Å². The number of nitrogens with zero attached hydrogens (tertiary/aromatic N) is 1. The third-order valence-electron chi connectivity index (χ3n) is 3.58. The van der Waals surface area contributed by atoms with Crippen molar-refractivity contribution < 1.29 is 18.3 Å². The van der Waals surface area contributed by atoms with Gasteiger partial charge in [0, 0.05) is 22.7 Å². The lowest BCUT2D eigenvalue weighted by Crippen LogP contribution is -2.08. The van der Waals surface area contributed by atoms with Gasteiger partial charge in [-0.1, -0.05) is 11.3 Å². The molecule has 0 fully saturated rings. The lowest BCUT2D eigenvalue weighted by molar-refractivity contribution is 0.103. The van der Waals surface area contributed by atoms with Crippen LogP contribution in [0.1, 0.15) is 15.2 Å². The number of aromatic nitrogens is 1. The molecule has 3 rings (SSSR count). The van der Waals surface area contributed by atoms with Crippen LogP contribution < -0.4 is 20.9 Å². The summed E-state index contributed by atoms with van der Waals surface area (Å²) in [4.78, 5) is 17.5. The molecule has 0 aliphatic rings. The first-order valence-electron chi connectivity index (χ1n) is 7.50. The predicted molar refractivity (Wildman–Crippen MR) is 103 cm³/mol. The molecule has 0 bridgehead atoms. The second-order valence-electron chi connectivity index (χ2n) is 5.30. The van der Waals surface area contributed by atoms with E-state index in [0.717, 1.165) is 40.3 Å². The van der Waals surface area contributed by atoms with Gasteiger partial charge < -0.3 is 15.8 Å². The van der Waals surface area contributed by atoms with Crippen molar-refractivity contribution in [1.82, 2.24) is 4.98 Å². The number of nitrogens with two attached hydrogens (primary N) is 2. The van der Waals surface area contributed by atoms with E-state index in [2.05, 4.69) is 10.3 Å². The first-order chi connectivity index (χ1) is 12.9. The number of hydrogen-bond acceptors (Lipinski definition) is 8. The summed E-state index contributed by atoms with van der Waals surface area (Å²) in [7, 11) is 1.27. The lowest BCUT2D eigenvalue weighted by atomic mass is 10.1. The number of thiazole rings is 1. The van der Waals surface area contributed by atoms with E-state index >= 15 is 0 Å². The van der Waals surface area contributed by atoms with Crippen molar-refractivity contribution >= 4 is 45.7 Å². The van der Waals surface area contributed by atoms with Crippen LogP contribution in [0.25, 0.3) is 0 Å². The quantitative estimate of drug-likeness (QED) is 0.419. The van der Waals surface area contributed by atoms with Crippen molar-refractivity contribution in [3.8, 4) is 5.75 Å². The van der Waals surface area contributed by atoms with E-state index in [1.165, 1.54) is 7.11 Å². The Kier molecular flexibility index (Phi) is 5.59. The van der Waals surface area contributed by atoms with Crippen LogP contribution in [0.5, 0.6) is 5.75 Å². The summed E-state index contributed by atoms with van der Waals surface area (Å²) in [5, 5.41) is 8.78. The van der Waals surface area contributed by atoms with E-state index < -0.39 is 23.0 Å². The summed E-state index contributed by atoms with van der Waals surface area (Å²) in [5.74, 6) is -3.09. The Morgan fingerprint density at radius 1 is 1.22 bits per heavy atom. The van der Waals surface area contributed by atoms with Gasteiger partial charge in [-0.25, -0.2) is 13.8 Å². The zero-order valence-electron chi connectivity index (χ0n) is 14.0. The van der Waals surface area contributed by atoms with Crippen LogP contribution in [0.2, 0.25) is 0 Å². The number of ether oxygens (including phenoxy) is 1. The first kappa shape index (κ1) is 19.1. The van der Waals surface area contributed by atoms with Gasteiger partial charge in [0.2, 0.25) is 5.78 Å². The number of methoxy groups -OCH3 is 1. The summed E-state index contributed by atoms with van der Waals surface area (Å²) in [6.07, 6.45) is 0. The van der Waals surface area contributed by atoms with Crippen LogP contribution in [-0.2, 0) is 0 Å². The fourth-order valence-electron chi connectivity index (χ4n) is 2.29. The zero-order valence-corrected chi connectivity index (χ0v) is 15.6. The molecule has 0 spiro atoms. The van der Waals surface area contributed by atoms with Gasteiger partial charge in [0.1, 0.15) is 28.1 Å². The van der Waals surface area contributed by atoms with Crippen molar-refractivity contribution in [2.45, 2.75) is 4.90 Å². The monoisotopic (exact) mass is 408 g/mol. The number of benzene rings is 2. The summed E-state index contributed by atoms with van der Waals surface area (Å²) in [6.45, 7) is 0. The maximum Gasteiger partial charge on any atom is 0.212 e. The second kappa shape index (κ2) is 7.91. The standard InChI is InChI=1S/C17H14F2N4O2S2/c1-25-9-6-11(18)13(12(19)7-9)14(24)15-16(20)23-17(26-15)22-8-2-4-10(27-21)5-3-8/h2-7H,20-21H2,1H3,(H,22,23). The molecule has 0 saturated carbocycles. The highest BCUT2D eigenvalue weighted by Crippen LogP contribution is 2.32. The van der Waals surface area contributed by atoms with E-state index in [9.17, 15) is 13.6 Å². The molecule has 0 unspecified atom stereocenters. The number of nitrogen functional groups attached to an aromatic ring is 1. The summed E-state index contributed by atoms with van der Waals surface area (Å²) in [5.41, 5.74) is 5.77. The first-order valence-corrected chi connectivity index (χ1v) is 9.20. The highest BCUT2D eigenvalue weighted by atomic mass is 32.2. The predicted octanol–water partition coefficient (Wildman–Crippen LogP) is 3.95. The van der Waals surface area contributed by atoms with Gasteiger partial charge >= 0.3 is 0 Å². The van der Waals surface area contributed by atoms with Crippen LogP contribution in [0.4, 0.5) is 25.4 Å². The van der Waals surface area contributed by atoms with Gasteiger partial charge in [0.25, 0.3) is 0 Å². The Morgan fingerprint density at radius 3 is 2.41 bits per heavy atom. The van der Waals surface area contributed by atoms with Crippen molar-refractivity contribution in [3.63, 3.8) is 0 Å². The van der Waals surface area contributed by atoms with E-state index in [1.54, 1.807) is 24.3 Å². The van der Waals surface area contributed by atoms with E-state index in [-0.39, 0.29) is 16.4 Å². The molecule has 6 nitrogen and oxygen atoms in total. The smallest absolute Gasteiger partial charge is 0.212 e.